The van der Waals surface area contributed by atoms with Crippen LogP contribution in [-0.2, 0) is 17.8 Å². The van der Waals surface area contributed by atoms with Crippen molar-refractivity contribution in [1.29, 1.82) is 0 Å². The van der Waals surface area contributed by atoms with Gasteiger partial charge in [-0.1, -0.05) is 48.5 Å². The summed E-state index contributed by atoms with van der Waals surface area (Å²) in [5.41, 5.74) is 3.74. The van der Waals surface area contributed by atoms with Crippen LogP contribution in [0.3, 0.4) is 0 Å². The smallest absolute Gasteiger partial charge is 0.336 e. The molecule has 0 amide bonds. The molecule has 5 aromatic rings. The first-order chi connectivity index (χ1) is 19.5. The summed E-state index contributed by atoms with van der Waals surface area (Å²) in [4.78, 5) is 26.6. The van der Waals surface area contributed by atoms with Crippen molar-refractivity contribution in [3.8, 4) is 17.2 Å². The lowest BCUT2D eigenvalue weighted by Gasteiger charge is -2.14. The molecule has 0 fully saturated rings. The summed E-state index contributed by atoms with van der Waals surface area (Å²) in [7, 11) is 0. The molecule has 8 nitrogen and oxygen atoms in total. The number of carbonyl (C=O) groups excluding carboxylic acids is 1. The van der Waals surface area contributed by atoms with Gasteiger partial charge >= 0.3 is 5.97 Å². The molecule has 0 saturated heterocycles. The number of carboxylic acids is 1. The maximum absolute atomic E-state index is 13.9. The number of aliphatic carboxylic acids is 1. The number of aromatic nitrogens is 2. The maximum Gasteiger partial charge on any atom is 0.336 e. The van der Waals surface area contributed by atoms with Gasteiger partial charge in [0.05, 0.1) is 17.3 Å². The van der Waals surface area contributed by atoms with Gasteiger partial charge in [0, 0.05) is 17.6 Å². The van der Waals surface area contributed by atoms with Crippen LogP contribution in [0.1, 0.15) is 27.0 Å². The summed E-state index contributed by atoms with van der Waals surface area (Å²) in [6.45, 7) is 0.488. The molecule has 0 spiro atoms. The topological polar surface area (TPSA) is 108 Å². The fourth-order valence-electron chi connectivity index (χ4n) is 4.51. The molecule has 0 radical (unpaired) electrons. The Hall–Kier alpha value is -5.02. The minimum Gasteiger partial charge on any atom is -0.489 e. The van der Waals surface area contributed by atoms with Crippen LogP contribution in [0, 0.1) is 0 Å². The van der Waals surface area contributed by atoms with Crippen molar-refractivity contribution in [2.45, 2.75) is 13.0 Å². The first-order valence-electron chi connectivity index (χ1n) is 12.4. The second-order valence-corrected chi connectivity index (χ2v) is 9.65. The van der Waals surface area contributed by atoms with Gasteiger partial charge in [0.1, 0.15) is 23.4 Å². The van der Waals surface area contributed by atoms with Crippen LogP contribution in [-0.4, -0.2) is 32.4 Å². The van der Waals surface area contributed by atoms with Gasteiger partial charge in [-0.2, -0.15) is 8.75 Å². The summed E-state index contributed by atoms with van der Waals surface area (Å²) >= 11 is 1.04. The van der Waals surface area contributed by atoms with Crippen molar-refractivity contribution < 1.29 is 28.9 Å². The third-order valence-electron chi connectivity index (χ3n) is 6.52. The first kappa shape index (κ1) is 25.3. The van der Waals surface area contributed by atoms with E-state index in [0.29, 0.717) is 46.0 Å². The number of ether oxygens (including phenoxy) is 3. The number of hydrogen-bond donors (Lipinski definition) is 1. The highest BCUT2D eigenvalue weighted by atomic mass is 32.1. The van der Waals surface area contributed by atoms with E-state index in [1.165, 1.54) is 0 Å². The fourth-order valence-corrected chi connectivity index (χ4v) is 5.02. The molecule has 6 rings (SSSR count). The second kappa shape index (κ2) is 11.0. The molecular weight excluding hydrogens is 528 g/mol. The standard InChI is InChI=1S/C31H22N2O6S/c34-30(22-9-13-27-28(16-22)39-18-38-27)24(29(31(35)36)21-8-12-25-26(15-21)33-40-32-25)14-19-6-10-23(11-7-19)37-17-20-4-2-1-3-5-20/h1-13,15-16H,14,17-18H2,(H,35,36)/b29-24+. The number of allylic oxidation sites excluding steroid dienone is 1. The quantitative estimate of drug-likeness (QED) is 0.177. The van der Waals surface area contributed by atoms with Crippen LogP contribution in [0.4, 0.5) is 0 Å². The molecule has 0 atom stereocenters. The van der Waals surface area contributed by atoms with Crippen molar-refractivity contribution in [2.24, 2.45) is 0 Å². The van der Waals surface area contributed by atoms with E-state index >= 15 is 0 Å². The van der Waals surface area contributed by atoms with Crippen LogP contribution in [0.25, 0.3) is 16.6 Å². The molecular formula is C31H22N2O6S. The minimum absolute atomic E-state index is 0.0659. The Morgan fingerprint density at radius 1 is 0.800 bits per heavy atom. The summed E-state index contributed by atoms with van der Waals surface area (Å²) in [5, 5.41) is 10.4. The number of fused-ring (bicyclic) bond motifs is 2. The minimum atomic E-state index is -1.21. The number of Topliss-reactive ketones (excluding diaryl/α,β-unsaturated/α-hetero) is 1. The highest BCUT2D eigenvalue weighted by Crippen LogP contribution is 2.35. The van der Waals surface area contributed by atoms with Crippen molar-refractivity contribution in [1.82, 2.24) is 8.75 Å². The molecule has 0 bridgehead atoms. The van der Waals surface area contributed by atoms with Gasteiger partial charge in [-0.15, -0.1) is 0 Å². The molecule has 40 heavy (non-hydrogen) atoms. The fraction of sp³-hybridized carbons (Fsp3) is 0.0968. The van der Waals surface area contributed by atoms with Crippen molar-refractivity contribution in [3.63, 3.8) is 0 Å². The van der Waals surface area contributed by atoms with E-state index in [-0.39, 0.29) is 24.4 Å². The zero-order valence-electron chi connectivity index (χ0n) is 21.1. The SMILES string of the molecule is O=C(O)/C(=C(\Cc1ccc(OCc2ccccc2)cc1)C(=O)c1ccc2c(c1)OCO2)c1ccc2nsnc2c1. The van der Waals surface area contributed by atoms with Crippen molar-refractivity contribution in [2.75, 3.05) is 6.79 Å². The Labute approximate surface area is 233 Å². The molecule has 0 unspecified atom stereocenters. The Morgan fingerprint density at radius 2 is 1.55 bits per heavy atom. The van der Waals surface area contributed by atoms with E-state index in [9.17, 15) is 14.7 Å². The molecule has 1 aromatic heterocycles. The molecule has 4 aromatic carbocycles. The molecule has 0 saturated carbocycles. The van der Waals surface area contributed by atoms with E-state index in [0.717, 1.165) is 22.9 Å². The highest BCUT2D eigenvalue weighted by Gasteiger charge is 2.26. The summed E-state index contributed by atoms with van der Waals surface area (Å²) in [6.07, 6.45) is 0.0846. The molecule has 198 valence electrons. The first-order valence-corrected chi connectivity index (χ1v) is 13.2. The van der Waals surface area contributed by atoms with E-state index in [4.69, 9.17) is 14.2 Å². The van der Waals surface area contributed by atoms with E-state index in [1.54, 1.807) is 36.4 Å². The van der Waals surface area contributed by atoms with Crippen LogP contribution in [0.5, 0.6) is 17.2 Å². The maximum atomic E-state index is 13.9. The Kier molecular flexibility index (Phi) is 6.95. The Bertz CT molecular complexity index is 1750. The molecule has 2 heterocycles. The van der Waals surface area contributed by atoms with E-state index < -0.39 is 11.8 Å². The largest absolute Gasteiger partial charge is 0.489 e. The van der Waals surface area contributed by atoms with Gasteiger partial charge in [-0.05, 0) is 59.2 Å². The molecule has 1 aliphatic rings. The lowest BCUT2D eigenvalue weighted by molar-refractivity contribution is -0.130. The average molecular weight is 551 g/mol. The summed E-state index contributed by atoms with van der Waals surface area (Å²) in [6, 6.07) is 27.0. The van der Waals surface area contributed by atoms with Gasteiger partial charge in [0.2, 0.25) is 6.79 Å². The number of carboxylic acid groups (broad SMARTS) is 1. The highest BCUT2D eigenvalue weighted by molar-refractivity contribution is 7.00. The zero-order valence-corrected chi connectivity index (χ0v) is 21.9. The molecule has 1 N–H and O–H groups in total. The van der Waals surface area contributed by atoms with Crippen LogP contribution in [0.2, 0.25) is 0 Å². The third kappa shape index (κ3) is 5.27. The van der Waals surface area contributed by atoms with Crippen LogP contribution >= 0.6 is 11.7 Å². The van der Waals surface area contributed by atoms with Crippen LogP contribution in [0.15, 0.2) is 96.6 Å². The predicted molar refractivity (Wildman–Crippen MR) is 150 cm³/mol. The van der Waals surface area contributed by atoms with Crippen molar-refractivity contribution in [3.05, 3.63) is 119 Å². The summed E-state index contributed by atoms with van der Waals surface area (Å²) < 4.78 is 25.2. The molecule has 9 heteroatoms. The van der Waals surface area contributed by atoms with Gasteiger partial charge in [0.25, 0.3) is 0 Å². The van der Waals surface area contributed by atoms with Gasteiger partial charge in [-0.3, -0.25) is 4.79 Å². The number of carbonyl (C=O) groups is 2. The van der Waals surface area contributed by atoms with Crippen LogP contribution < -0.4 is 14.2 Å². The average Bonchev–Trinajstić information content (AvgIpc) is 3.65. The van der Waals surface area contributed by atoms with Crippen molar-refractivity contribution >= 4 is 40.1 Å². The second-order valence-electron chi connectivity index (χ2n) is 9.12. The number of benzene rings is 4. The Morgan fingerprint density at radius 3 is 2.35 bits per heavy atom. The number of nitrogens with zero attached hydrogens (tertiary/aromatic N) is 2. The zero-order chi connectivity index (χ0) is 27.5. The predicted octanol–water partition coefficient (Wildman–Crippen LogP) is 5.96. The molecule has 0 aliphatic carbocycles. The van der Waals surface area contributed by atoms with E-state index in [1.807, 2.05) is 54.6 Å². The lowest BCUT2D eigenvalue weighted by atomic mass is 9.89. The van der Waals surface area contributed by atoms with Gasteiger partial charge in [0.15, 0.2) is 17.3 Å². The number of rotatable bonds is 9. The summed E-state index contributed by atoms with van der Waals surface area (Å²) in [5.74, 6) is 0.0105. The Balaban J connectivity index is 1.36. The monoisotopic (exact) mass is 550 g/mol. The number of ketones is 1. The lowest BCUT2D eigenvalue weighted by Crippen LogP contribution is -2.14. The third-order valence-corrected chi connectivity index (χ3v) is 7.08. The number of hydrogen-bond acceptors (Lipinski definition) is 8. The normalized spacial score (nSPS) is 12.7. The molecule has 1 aliphatic heterocycles. The van der Waals surface area contributed by atoms with E-state index in [2.05, 4.69) is 8.75 Å². The van der Waals surface area contributed by atoms with Gasteiger partial charge in [-0.25, -0.2) is 4.79 Å². The van der Waals surface area contributed by atoms with Gasteiger partial charge < -0.3 is 19.3 Å².